The van der Waals surface area contributed by atoms with Crippen LogP contribution in [-0.2, 0) is 11.2 Å². The molecule has 16 heavy (non-hydrogen) atoms. The summed E-state index contributed by atoms with van der Waals surface area (Å²) < 4.78 is 5.53. The van der Waals surface area contributed by atoms with E-state index >= 15 is 0 Å². The second-order valence-electron chi connectivity index (χ2n) is 4.89. The van der Waals surface area contributed by atoms with Gasteiger partial charge >= 0.3 is 0 Å². The first-order chi connectivity index (χ1) is 7.69. The van der Waals surface area contributed by atoms with E-state index in [1.54, 1.807) is 7.11 Å². The van der Waals surface area contributed by atoms with Crippen LogP contribution >= 0.6 is 0 Å². The summed E-state index contributed by atoms with van der Waals surface area (Å²) in [5.41, 5.74) is 2.64. The largest absolute Gasteiger partial charge is 0.396 e. The van der Waals surface area contributed by atoms with E-state index in [-0.39, 0.29) is 18.1 Å². The van der Waals surface area contributed by atoms with E-state index in [1.807, 2.05) is 6.92 Å². The number of aliphatic hydroxyl groups excluding tert-OH is 1. The van der Waals surface area contributed by atoms with Gasteiger partial charge in [-0.2, -0.15) is 0 Å². The lowest BCUT2D eigenvalue weighted by atomic mass is 9.97. The minimum absolute atomic E-state index is 0.112. The molecule has 1 atom stereocenters. The van der Waals surface area contributed by atoms with Crippen molar-refractivity contribution >= 4 is 0 Å². The molecular formula is C14H20O2. The molecule has 1 unspecified atom stereocenters. The van der Waals surface area contributed by atoms with Gasteiger partial charge in [-0.25, -0.2) is 0 Å². The Hall–Kier alpha value is -0.860. The highest BCUT2D eigenvalue weighted by Gasteiger charge is 2.42. The molecule has 0 aliphatic heterocycles. The molecule has 2 rings (SSSR count). The van der Waals surface area contributed by atoms with Gasteiger partial charge in [-0.15, -0.1) is 0 Å². The second kappa shape index (κ2) is 4.56. The van der Waals surface area contributed by atoms with E-state index in [9.17, 15) is 0 Å². The third-order valence-electron chi connectivity index (χ3n) is 3.56. The van der Waals surface area contributed by atoms with Gasteiger partial charge in [-0.1, -0.05) is 31.2 Å². The van der Waals surface area contributed by atoms with Crippen molar-refractivity contribution < 1.29 is 9.84 Å². The molecule has 0 spiro atoms. The minimum atomic E-state index is 0.112. The maximum Gasteiger partial charge on any atom is 0.0721 e. The maximum atomic E-state index is 9.15. The van der Waals surface area contributed by atoms with Crippen LogP contribution in [-0.4, -0.2) is 24.4 Å². The van der Waals surface area contributed by atoms with Crippen LogP contribution in [0.1, 0.15) is 36.8 Å². The monoisotopic (exact) mass is 220 g/mol. The Morgan fingerprint density at radius 2 is 2.19 bits per heavy atom. The fourth-order valence-electron chi connectivity index (χ4n) is 2.08. The molecule has 1 fully saturated rings. The lowest BCUT2D eigenvalue weighted by Crippen LogP contribution is -2.15. The molecule has 2 heteroatoms. The molecular weight excluding hydrogens is 200 g/mol. The standard InChI is InChI=1S/C14H20O2/c1-11(10-15)13-5-3-4-12(8-13)9-14(16-2)6-7-14/h3-5,8,11,15H,6-7,9-10H2,1-2H3. The van der Waals surface area contributed by atoms with Crippen LogP contribution in [0.4, 0.5) is 0 Å². The molecule has 0 heterocycles. The smallest absolute Gasteiger partial charge is 0.0721 e. The Kier molecular flexibility index (Phi) is 3.31. The lowest BCUT2D eigenvalue weighted by molar-refractivity contribution is 0.0807. The van der Waals surface area contributed by atoms with Gasteiger partial charge in [-0.05, 0) is 24.0 Å². The lowest BCUT2D eigenvalue weighted by Gasteiger charge is -2.15. The first kappa shape index (κ1) is 11.6. The molecule has 1 aromatic rings. The normalized spacial score (nSPS) is 19.4. The maximum absolute atomic E-state index is 9.15. The van der Waals surface area contributed by atoms with E-state index in [0.717, 1.165) is 6.42 Å². The number of aliphatic hydroxyl groups is 1. The van der Waals surface area contributed by atoms with Crippen molar-refractivity contribution in [1.29, 1.82) is 0 Å². The van der Waals surface area contributed by atoms with Crippen molar-refractivity contribution in [3.63, 3.8) is 0 Å². The zero-order chi connectivity index (χ0) is 11.6. The third kappa shape index (κ3) is 2.45. The van der Waals surface area contributed by atoms with Gasteiger partial charge in [-0.3, -0.25) is 0 Å². The van der Waals surface area contributed by atoms with Gasteiger partial charge < -0.3 is 9.84 Å². The van der Waals surface area contributed by atoms with Gasteiger partial charge in [0.1, 0.15) is 0 Å². The molecule has 1 aliphatic rings. The SMILES string of the molecule is COC1(Cc2cccc(C(C)CO)c2)CC1. The molecule has 0 aromatic heterocycles. The number of ether oxygens (including phenoxy) is 1. The molecule has 1 aromatic carbocycles. The third-order valence-corrected chi connectivity index (χ3v) is 3.56. The number of hydrogen-bond acceptors (Lipinski definition) is 2. The van der Waals surface area contributed by atoms with Crippen LogP contribution < -0.4 is 0 Å². The quantitative estimate of drug-likeness (QED) is 0.826. The van der Waals surface area contributed by atoms with Gasteiger partial charge in [0.2, 0.25) is 0 Å². The van der Waals surface area contributed by atoms with Gasteiger partial charge in [0.05, 0.1) is 5.60 Å². The zero-order valence-electron chi connectivity index (χ0n) is 10.1. The van der Waals surface area contributed by atoms with Crippen molar-refractivity contribution in [2.24, 2.45) is 0 Å². The Morgan fingerprint density at radius 1 is 1.44 bits per heavy atom. The number of methoxy groups -OCH3 is 1. The molecule has 2 nitrogen and oxygen atoms in total. The van der Waals surface area contributed by atoms with E-state index in [4.69, 9.17) is 9.84 Å². The first-order valence-electron chi connectivity index (χ1n) is 5.94. The molecule has 0 amide bonds. The van der Waals surface area contributed by atoms with E-state index < -0.39 is 0 Å². The first-order valence-corrected chi connectivity index (χ1v) is 5.94. The summed E-state index contributed by atoms with van der Waals surface area (Å²) in [5, 5.41) is 9.15. The average molecular weight is 220 g/mol. The number of rotatable bonds is 5. The molecule has 0 radical (unpaired) electrons. The molecule has 0 bridgehead atoms. The minimum Gasteiger partial charge on any atom is -0.396 e. The molecule has 1 aliphatic carbocycles. The van der Waals surface area contributed by atoms with E-state index in [1.165, 1.54) is 24.0 Å². The van der Waals surface area contributed by atoms with E-state index in [0.29, 0.717) is 0 Å². The summed E-state index contributed by atoms with van der Waals surface area (Å²) in [5.74, 6) is 0.220. The van der Waals surface area contributed by atoms with Crippen molar-refractivity contribution in [1.82, 2.24) is 0 Å². The highest BCUT2D eigenvalue weighted by Crippen LogP contribution is 2.41. The fourth-order valence-corrected chi connectivity index (χ4v) is 2.08. The van der Waals surface area contributed by atoms with Crippen LogP contribution in [0.5, 0.6) is 0 Å². The molecule has 1 saturated carbocycles. The topological polar surface area (TPSA) is 29.5 Å². The van der Waals surface area contributed by atoms with Gasteiger partial charge in [0.25, 0.3) is 0 Å². The van der Waals surface area contributed by atoms with Crippen LogP contribution in [0.3, 0.4) is 0 Å². The number of benzene rings is 1. The van der Waals surface area contributed by atoms with Crippen LogP contribution in [0.25, 0.3) is 0 Å². The Morgan fingerprint density at radius 3 is 2.75 bits per heavy atom. The summed E-state index contributed by atoms with van der Waals surface area (Å²) in [6, 6.07) is 8.49. The van der Waals surface area contributed by atoms with Crippen molar-refractivity contribution in [2.45, 2.75) is 37.7 Å². The van der Waals surface area contributed by atoms with Crippen LogP contribution in [0, 0.1) is 0 Å². The zero-order valence-corrected chi connectivity index (χ0v) is 10.1. The van der Waals surface area contributed by atoms with E-state index in [2.05, 4.69) is 24.3 Å². The fraction of sp³-hybridized carbons (Fsp3) is 0.571. The Bertz CT molecular complexity index is 356. The summed E-state index contributed by atoms with van der Waals surface area (Å²) in [6.45, 7) is 2.25. The van der Waals surface area contributed by atoms with Crippen molar-refractivity contribution in [2.75, 3.05) is 13.7 Å². The predicted molar refractivity (Wildman–Crippen MR) is 64.6 cm³/mol. The summed E-state index contributed by atoms with van der Waals surface area (Å²) in [6.07, 6.45) is 3.34. The predicted octanol–water partition coefficient (Wildman–Crippen LogP) is 2.50. The summed E-state index contributed by atoms with van der Waals surface area (Å²) in [7, 11) is 1.80. The summed E-state index contributed by atoms with van der Waals surface area (Å²) >= 11 is 0. The molecule has 0 saturated heterocycles. The van der Waals surface area contributed by atoms with Gasteiger partial charge in [0, 0.05) is 26.1 Å². The second-order valence-corrected chi connectivity index (χ2v) is 4.89. The van der Waals surface area contributed by atoms with Crippen molar-refractivity contribution in [3.8, 4) is 0 Å². The van der Waals surface area contributed by atoms with Gasteiger partial charge in [0.15, 0.2) is 0 Å². The summed E-state index contributed by atoms with van der Waals surface area (Å²) in [4.78, 5) is 0. The Labute approximate surface area is 97.3 Å². The van der Waals surface area contributed by atoms with Crippen molar-refractivity contribution in [3.05, 3.63) is 35.4 Å². The highest BCUT2D eigenvalue weighted by molar-refractivity contribution is 5.28. The number of hydrogen-bond donors (Lipinski definition) is 1. The van der Waals surface area contributed by atoms with Crippen LogP contribution in [0.15, 0.2) is 24.3 Å². The van der Waals surface area contributed by atoms with Crippen LogP contribution in [0.2, 0.25) is 0 Å². The molecule has 88 valence electrons. The average Bonchev–Trinajstić information content (AvgIpc) is 3.09. The molecule has 1 N–H and O–H groups in total. The highest BCUT2D eigenvalue weighted by atomic mass is 16.5. The Balaban J connectivity index is 2.10.